The molecule has 0 saturated heterocycles. The quantitative estimate of drug-likeness (QED) is 0.239. The van der Waals surface area contributed by atoms with E-state index in [4.69, 9.17) is 11.2 Å². The largest absolute Gasteiger partial charge is 0.489 e. The molecule has 0 atom stereocenters. The number of ether oxygens (including phenoxy) is 1. The van der Waals surface area contributed by atoms with E-state index in [0.717, 1.165) is 6.08 Å². The van der Waals surface area contributed by atoms with Gasteiger partial charge in [0, 0.05) is 48.5 Å². The molecule has 1 N–H and O–H groups in total. The number of benzene rings is 2. The van der Waals surface area contributed by atoms with Crippen molar-refractivity contribution in [1.82, 2.24) is 5.32 Å². The zero-order valence-corrected chi connectivity index (χ0v) is 19.9. The van der Waals surface area contributed by atoms with E-state index < -0.39 is 46.7 Å². The van der Waals surface area contributed by atoms with E-state index in [9.17, 15) is 27.2 Å². The topological polar surface area (TPSA) is 58.6 Å². The molecule has 0 bridgehead atoms. The summed E-state index contributed by atoms with van der Waals surface area (Å²) in [5.41, 5.74) is -0.178. The zero-order valence-electron chi connectivity index (χ0n) is 19.9. The number of halogens is 4. The number of amides is 2. The lowest BCUT2D eigenvalue weighted by Gasteiger charge is -2.20. The maximum Gasteiger partial charge on any atom is 0.251 e. The van der Waals surface area contributed by atoms with Gasteiger partial charge in [0.1, 0.15) is 23.3 Å². The Morgan fingerprint density at radius 1 is 1.17 bits per heavy atom. The van der Waals surface area contributed by atoms with Crippen LogP contribution in [0.2, 0.25) is 0 Å². The fraction of sp³-hybridized carbons (Fsp3) is 0.259. The Labute approximate surface area is 206 Å². The molecule has 2 aromatic rings. The van der Waals surface area contributed by atoms with Crippen molar-refractivity contribution in [3.8, 4) is 12.3 Å². The number of hydrogen-bond donors (Lipinski definition) is 1. The molecule has 9 heteroatoms. The first-order valence-electron chi connectivity index (χ1n) is 10.9. The van der Waals surface area contributed by atoms with Crippen molar-refractivity contribution in [2.24, 2.45) is 0 Å². The van der Waals surface area contributed by atoms with E-state index in [1.807, 2.05) is 0 Å². The fourth-order valence-corrected chi connectivity index (χ4v) is 3.86. The Morgan fingerprint density at radius 3 is 2.44 bits per heavy atom. The molecule has 1 aliphatic rings. The number of anilines is 1. The van der Waals surface area contributed by atoms with Gasteiger partial charge in [-0.3, -0.25) is 9.59 Å². The van der Waals surface area contributed by atoms with E-state index in [-0.39, 0.29) is 30.2 Å². The van der Waals surface area contributed by atoms with E-state index >= 15 is 0 Å². The summed E-state index contributed by atoms with van der Waals surface area (Å²) in [5.74, 6) is -2.37. The van der Waals surface area contributed by atoms with Crippen molar-refractivity contribution >= 4 is 17.5 Å². The fourth-order valence-electron chi connectivity index (χ4n) is 3.86. The number of carbonyl (C=O) groups is 2. The molecule has 1 aliphatic heterocycles. The molecule has 2 aromatic carbocycles. The van der Waals surface area contributed by atoms with Gasteiger partial charge in [0.05, 0.1) is 12.5 Å². The van der Waals surface area contributed by atoms with Gasteiger partial charge >= 0.3 is 0 Å². The number of nitrogens with one attached hydrogen (secondary N) is 1. The van der Waals surface area contributed by atoms with Crippen LogP contribution in [-0.4, -0.2) is 25.5 Å². The van der Waals surface area contributed by atoms with Crippen LogP contribution in [0.3, 0.4) is 0 Å². The minimum atomic E-state index is -1.12. The molecular weight excluding hydrogens is 476 g/mol. The number of carbonyl (C=O) groups excluding carboxylic acids is 2. The third kappa shape index (κ3) is 5.43. The molecule has 0 radical (unpaired) electrons. The zero-order chi connectivity index (χ0) is 26.6. The summed E-state index contributed by atoms with van der Waals surface area (Å²) < 4.78 is 60.1. The molecule has 2 amide bonds. The van der Waals surface area contributed by atoms with Crippen molar-refractivity contribution < 1.29 is 31.9 Å². The minimum absolute atomic E-state index is 0.000873. The Bertz CT molecular complexity index is 1290. The number of hydrogen-bond acceptors (Lipinski definition) is 3. The van der Waals surface area contributed by atoms with Gasteiger partial charge in [-0.2, -0.15) is 0 Å². The summed E-state index contributed by atoms with van der Waals surface area (Å²) >= 11 is 0. The average Bonchev–Trinajstić information content (AvgIpc) is 3.02. The van der Waals surface area contributed by atoms with E-state index in [1.165, 1.54) is 30.2 Å². The van der Waals surface area contributed by atoms with Crippen LogP contribution in [0.5, 0.6) is 0 Å². The standard InChI is InChI=1S/C27H24F4N2O3/c1-5-19(36-4)8-7-17(28)10-11-33-24-12-16(6-9-21(24)27(2,3)26(33)35)25(34)32-15-20-22(30)13-18(29)14-23(20)31/h1,6-9,12-14H,10-11,15H2,2-4H3,(H,32,34)/b17-7+,19-8+. The van der Waals surface area contributed by atoms with Crippen molar-refractivity contribution in [3.63, 3.8) is 0 Å². The lowest BCUT2D eigenvalue weighted by Crippen LogP contribution is -2.36. The highest BCUT2D eigenvalue weighted by Gasteiger charge is 2.43. The van der Waals surface area contributed by atoms with Crippen LogP contribution in [-0.2, 0) is 21.5 Å². The van der Waals surface area contributed by atoms with Crippen molar-refractivity contribution in [2.45, 2.75) is 32.2 Å². The smallest absolute Gasteiger partial charge is 0.251 e. The first-order chi connectivity index (χ1) is 17.0. The molecule has 0 fully saturated rings. The molecule has 0 aliphatic carbocycles. The van der Waals surface area contributed by atoms with Crippen LogP contribution >= 0.6 is 0 Å². The molecule has 0 spiro atoms. The van der Waals surface area contributed by atoms with E-state index in [2.05, 4.69) is 11.2 Å². The highest BCUT2D eigenvalue weighted by Crippen LogP contribution is 2.42. The highest BCUT2D eigenvalue weighted by atomic mass is 19.1. The van der Waals surface area contributed by atoms with Gasteiger partial charge in [-0.15, -0.1) is 6.42 Å². The minimum Gasteiger partial charge on any atom is -0.489 e. The van der Waals surface area contributed by atoms with E-state index in [1.54, 1.807) is 19.9 Å². The second-order valence-corrected chi connectivity index (χ2v) is 8.59. The normalized spacial score (nSPS) is 14.9. The van der Waals surface area contributed by atoms with Gasteiger partial charge in [-0.1, -0.05) is 6.07 Å². The summed E-state index contributed by atoms with van der Waals surface area (Å²) in [6, 6.07) is 5.63. The lowest BCUT2D eigenvalue weighted by atomic mass is 9.86. The first kappa shape index (κ1) is 26.5. The highest BCUT2D eigenvalue weighted by molar-refractivity contribution is 6.09. The van der Waals surface area contributed by atoms with Crippen LogP contribution in [0, 0.1) is 29.8 Å². The summed E-state index contributed by atoms with van der Waals surface area (Å²) in [4.78, 5) is 27.1. The molecule has 5 nitrogen and oxygen atoms in total. The number of rotatable bonds is 8. The summed E-state index contributed by atoms with van der Waals surface area (Å²) in [6.45, 7) is 2.94. The molecule has 0 aromatic heterocycles. The molecule has 0 saturated carbocycles. The number of terminal acetylenes is 1. The first-order valence-corrected chi connectivity index (χ1v) is 10.9. The van der Waals surface area contributed by atoms with Crippen LogP contribution in [0.4, 0.5) is 23.2 Å². The van der Waals surface area contributed by atoms with Gasteiger partial charge in [0.25, 0.3) is 5.91 Å². The molecule has 188 valence electrons. The maximum absolute atomic E-state index is 14.3. The second kappa shape index (κ2) is 10.7. The Kier molecular flexibility index (Phi) is 7.88. The Hall–Kier alpha value is -4.06. The summed E-state index contributed by atoms with van der Waals surface area (Å²) in [5, 5.41) is 2.39. The number of fused-ring (bicyclic) bond motifs is 1. The number of allylic oxidation sites excluding steroid dienone is 3. The maximum atomic E-state index is 14.3. The average molecular weight is 500 g/mol. The van der Waals surface area contributed by atoms with Crippen LogP contribution < -0.4 is 10.2 Å². The molecule has 1 heterocycles. The van der Waals surface area contributed by atoms with E-state index in [0.29, 0.717) is 23.4 Å². The van der Waals surface area contributed by atoms with Crippen LogP contribution in [0.1, 0.15) is 41.8 Å². The predicted octanol–water partition coefficient (Wildman–Crippen LogP) is 5.07. The molecule has 3 rings (SSSR count). The number of methoxy groups -OCH3 is 1. The third-order valence-corrected chi connectivity index (χ3v) is 5.89. The summed E-state index contributed by atoms with van der Waals surface area (Å²) in [7, 11) is 1.36. The predicted molar refractivity (Wildman–Crippen MR) is 127 cm³/mol. The molecule has 0 unspecified atom stereocenters. The van der Waals surface area contributed by atoms with Crippen molar-refractivity contribution in [1.29, 1.82) is 0 Å². The Balaban J connectivity index is 1.80. The van der Waals surface area contributed by atoms with Crippen LogP contribution in [0.15, 0.2) is 54.1 Å². The van der Waals surface area contributed by atoms with Gasteiger partial charge in [-0.05, 0) is 49.6 Å². The van der Waals surface area contributed by atoms with Crippen molar-refractivity contribution in [2.75, 3.05) is 18.6 Å². The van der Waals surface area contributed by atoms with Gasteiger partial charge in [-0.25, -0.2) is 17.6 Å². The third-order valence-electron chi connectivity index (χ3n) is 5.89. The lowest BCUT2D eigenvalue weighted by molar-refractivity contribution is -0.122. The SMILES string of the molecule is C#C/C(=C\C=C(\F)CCN1C(=O)C(C)(C)c2ccc(C(=O)NCc3c(F)cc(F)cc3F)cc21)OC. The monoisotopic (exact) mass is 500 g/mol. The summed E-state index contributed by atoms with van der Waals surface area (Å²) in [6.07, 6.45) is 7.57. The molecule has 36 heavy (non-hydrogen) atoms. The molecular formula is C27H24F4N2O3. The second-order valence-electron chi connectivity index (χ2n) is 8.59. The van der Waals surface area contributed by atoms with Gasteiger partial charge in [0.15, 0.2) is 5.76 Å². The number of nitrogens with zero attached hydrogens (tertiary/aromatic N) is 1. The van der Waals surface area contributed by atoms with Crippen LogP contribution in [0.25, 0.3) is 0 Å². The van der Waals surface area contributed by atoms with Gasteiger partial charge in [0.2, 0.25) is 5.91 Å². The van der Waals surface area contributed by atoms with Crippen molar-refractivity contribution in [3.05, 3.63) is 88.2 Å². The Morgan fingerprint density at radius 2 is 1.83 bits per heavy atom. The van der Waals surface area contributed by atoms with Gasteiger partial charge < -0.3 is 15.0 Å².